The van der Waals surface area contributed by atoms with Gasteiger partial charge < -0.3 is 30.1 Å². The Kier molecular flexibility index (Phi) is 13.7. The summed E-state index contributed by atoms with van der Waals surface area (Å²) in [5, 5.41) is 19.2. The number of amides is 2. The fraction of sp³-hybridized carbons (Fsp3) is 0.450. The van der Waals surface area contributed by atoms with Crippen molar-refractivity contribution in [3.8, 4) is 5.75 Å². The minimum Gasteiger partial charge on any atom is -0.492 e. The molecule has 0 spiro atoms. The molecule has 1 aromatic carbocycles. The number of ether oxygens (including phenoxy) is 1. The largest absolute Gasteiger partial charge is 0.492 e. The molecular weight excluding hydrogens is 414 g/mol. The summed E-state index contributed by atoms with van der Waals surface area (Å²) in [5.74, 6) is -1.76. The molecule has 0 aliphatic rings. The Hall–Kier alpha value is -2.78. The summed E-state index contributed by atoms with van der Waals surface area (Å²) < 4.78 is 5.65. The molecule has 0 fully saturated rings. The summed E-state index contributed by atoms with van der Waals surface area (Å²) in [5.41, 5.74) is 0. The number of benzene rings is 1. The van der Waals surface area contributed by atoms with Crippen LogP contribution in [0.4, 0.5) is 4.79 Å². The molecule has 0 radical (unpaired) electrons. The van der Waals surface area contributed by atoms with Gasteiger partial charge in [-0.2, -0.15) is 0 Å². The van der Waals surface area contributed by atoms with E-state index in [2.05, 4.69) is 5.32 Å². The highest BCUT2D eigenvalue weighted by atomic mass is 35.5. The van der Waals surface area contributed by atoms with Gasteiger partial charge in [-0.05, 0) is 52.2 Å². The molecule has 0 saturated heterocycles. The molecule has 0 saturated carbocycles. The number of urea groups is 1. The van der Waals surface area contributed by atoms with Crippen molar-refractivity contribution in [3.63, 3.8) is 0 Å². The lowest BCUT2D eigenvalue weighted by Gasteiger charge is -2.27. The van der Waals surface area contributed by atoms with E-state index in [1.165, 1.54) is 0 Å². The maximum atomic E-state index is 12.2. The van der Waals surface area contributed by atoms with E-state index in [0.29, 0.717) is 36.9 Å². The normalized spacial score (nSPS) is 10.5. The maximum absolute atomic E-state index is 12.2. The summed E-state index contributed by atoms with van der Waals surface area (Å²) in [7, 11) is 3.96. The van der Waals surface area contributed by atoms with Crippen molar-refractivity contribution in [2.24, 2.45) is 0 Å². The summed E-state index contributed by atoms with van der Waals surface area (Å²) >= 11 is 5.83. The summed E-state index contributed by atoms with van der Waals surface area (Å²) in [6.07, 6.45) is 1.12. The Bertz CT molecular complexity index is 676. The van der Waals surface area contributed by atoms with Crippen LogP contribution in [0.25, 0.3) is 0 Å². The lowest BCUT2D eigenvalue weighted by Crippen LogP contribution is -2.47. The van der Waals surface area contributed by atoms with Crippen molar-refractivity contribution in [3.05, 3.63) is 41.4 Å². The van der Waals surface area contributed by atoms with Gasteiger partial charge in [-0.1, -0.05) is 11.6 Å². The molecule has 30 heavy (non-hydrogen) atoms. The number of halogens is 1. The van der Waals surface area contributed by atoms with Crippen LogP contribution in [0, 0.1) is 0 Å². The highest BCUT2D eigenvalue weighted by Gasteiger charge is 2.16. The monoisotopic (exact) mass is 443 g/mol. The molecule has 1 aromatic rings. The predicted molar refractivity (Wildman–Crippen MR) is 115 cm³/mol. The number of rotatable bonds is 10. The van der Waals surface area contributed by atoms with Crippen LogP contribution in [0.15, 0.2) is 36.4 Å². The van der Waals surface area contributed by atoms with Crippen LogP contribution >= 0.6 is 11.6 Å². The lowest BCUT2D eigenvalue weighted by molar-refractivity contribution is -0.134. The van der Waals surface area contributed by atoms with E-state index < -0.39 is 11.9 Å². The van der Waals surface area contributed by atoms with Gasteiger partial charge in [0.2, 0.25) is 0 Å². The molecule has 0 aliphatic carbocycles. The number of carboxylic acids is 2. The van der Waals surface area contributed by atoms with Gasteiger partial charge in [0, 0.05) is 36.3 Å². The predicted octanol–water partition coefficient (Wildman–Crippen LogP) is 2.41. The molecule has 0 heterocycles. The molecular formula is C20H30ClN3O6. The number of carboxylic acid groups (broad SMARTS) is 2. The number of aliphatic carboxylic acids is 2. The average Bonchev–Trinajstić information content (AvgIpc) is 2.64. The highest BCUT2D eigenvalue weighted by Crippen LogP contribution is 2.15. The molecule has 0 unspecified atom stereocenters. The first kappa shape index (κ1) is 27.2. The smallest absolute Gasteiger partial charge is 0.328 e. The molecule has 10 heteroatoms. The molecule has 3 N–H and O–H groups in total. The topological polar surface area (TPSA) is 119 Å². The molecule has 2 amide bonds. The zero-order valence-electron chi connectivity index (χ0n) is 17.7. The number of nitrogens with zero attached hydrogens (tertiary/aromatic N) is 2. The Balaban J connectivity index is 0.000000890. The summed E-state index contributed by atoms with van der Waals surface area (Å²) in [6, 6.07) is 7.26. The van der Waals surface area contributed by atoms with E-state index in [1.54, 1.807) is 17.0 Å². The van der Waals surface area contributed by atoms with Gasteiger partial charge in [0.25, 0.3) is 0 Å². The quantitative estimate of drug-likeness (QED) is 0.475. The van der Waals surface area contributed by atoms with Gasteiger partial charge in [-0.15, -0.1) is 0 Å². The van der Waals surface area contributed by atoms with E-state index in [-0.39, 0.29) is 12.1 Å². The molecule has 1 rings (SSSR count). The van der Waals surface area contributed by atoms with Crippen molar-refractivity contribution < 1.29 is 29.3 Å². The third-order valence-corrected chi connectivity index (χ3v) is 3.75. The number of hydrogen-bond donors (Lipinski definition) is 3. The van der Waals surface area contributed by atoms with Crippen LogP contribution in [-0.4, -0.2) is 84.4 Å². The van der Waals surface area contributed by atoms with Crippen molar-refractivity contribution in [2.75, 3.05) is 40.3 Å². The van der Waals surface area contributed by atoms with Crippen LogP contribution in [-0.2, 0) is 9.59 Å². The summed E-state index contributed by atoms with van der Waals surface area (Å²) in [4.78, 5) is 35.1. The molecule has 0 aliphatic heterocycles. The molecule has 0 aromatic heterocycles. The van der Waals surface area contributed by atoms with Crippen molar-refractivity contribution in [2.45, 2.75) is 19.9 Å². The SMILES string of the molecule is CC(C)N(CCOc1ccc(Cl)cc1)C(=O)NCCN(C)C.O=C(O)/C=C\C(=O)O. The van der Waals surface area contributed by atoms with Crippen molar-refractivity contribution >= 4 is 29.6 Å². The molecule has 0 atom stereocenters. The average molecular weight is 444 g/mol. The van der Waals surface area contributed by atoms with Crippen molar-refractivity contribution in [1.82, 2.24) is 15.1 Å². The Morgan fingerprint density at radius 3 is 2.03 bits per heavy atom. The van der Waals surface area contributed by atoms with Gasteiger partial charge in [-0.3, -0.25) is 0 Å². The van der Waals surface area contributed by atoms with E-state index in [1.807, 2.05) is 45.0 Å². The standard InChI is InChI=1S/C16H26ClN3O2.C4H4O4/c1-13(2)20(16(21)18-9-10-19(3)4)11-12-22-15-7-5-14(17)6-8-15;5-3(6)1-2-4(7)8/h5-8,13H,9-12H2,1-4H3,(H,18,21);1-2H,(H,5,6)(H,7,8)/b;2-1-. The summed E-state index contributed by atoms with van der Waals surface area (Å²) in [6.45, 7) is 6.42. The van der Waals surface area contributed by atoms with Crippen LogP contribution < -0.4 is 10.1 Å². The fourth-order valence-corrected chi connectivity index (χ4v) is 2.14. The maximum Gasteiger partial charge on any atom is 0.328 e. The Labute approximate surface area is 181 Å². The first-order chi connectivity index (χ1) is 14.0. The van der Waals surface area contributed by atoms with Crippen LogP contribution in [0.5, 0.6) is 5.75 Å². The zero-order valence-corrected chi connectivity index (χ0v) is 18.4. The molecule has 9 nitrogen and oxygen atoms in total. The van der Waals surface area contributed by atoms with Crippen LogP contribution in [0.1, 0.15) is 13.8 Å². The third kappa shape index (κ3) is 14.3. The fourth-order valence-electron chi connectivity index (χ4n) is 2.02. The second-order valence-corrected chi connectivity index (χ2v) is 7.07. The number of carbonyl (C=O) groups excluding carboxylic acids is 1. The third-order valence-electron chi connectivity index (χ3n) is 3.50. The number of carbonyl (C=O) groups is 3. The van der Waals surface area contributed by atoms with Crippen LogP contribution in [0.3, 0.4) is 0 Å². The van der Waals surface area contributed by atoms with Gasteiger partial charge in [-0.25, -0.2) is 14.4 Å². The van der Waals surface area contributed by atoms with E-state index in [4.69, 9.17) is 26.6 Å². The van der Waals surface area contributed by atoms with E-state index in [9.17, 15) is 14.4 Å². The zero-order chi connectivity index (χ0) is 23.1. The number of hydrogen-bond acceptors (Lipinski definition) is 5. The first-order valence-corrected chi connectivity index (χ1v) is 9.62. The minimum absolute atomic E-state index is 0.0587. The number of nitrogens with one attached hydrogen (secondary N) is 1. The second-order valence-electron chi connectivity index (χ2n) is 6.63. The lowest BCUT2D eigenvalue weighted by atomic mass is 10.3. The van der Waals surface area contributed by atoms with Crippen molar-refractivity contribution in [1.29, 1.82) is 0 Å². The van der Waals surface area contributed by atoms with Crippen LogP contribution in [0.2, 0.25) is 5.02 Å². The Morgan fingerprint density at radius 1 is 1.07 bits per heavy atom. The minimum atomic E-state index is -1.26. The number of likely N-dealkylation sites (N-methyl/N-ethyl adjacent to an activating group) is 1. The van der Waals surface area contributed by atoms with Gasteiger partial charge in [0.05, 0.1) is 6.54 Å². The van der Waals surface area contributed by atoms with Gasteiger partial charge in [0.1, 0.15) is 12.4 Å². The van der Waals surface area contributed by atoms with E-state index in [0.717, 1.165) is 12.3 Å². The molecule has 168 valence electrons. The highest BCUT2D eigenvalue weighted by molar-refractivity contribution is 6.30. The first-order valence-electron chi connectivity index (χ1n) is 9.24. The van der Waals surface area contributed by atoms with E-state index >= 15 is 0 Å². The second kappa shape index (κ2) is 15.1. The van der Waals surface area contributed by atoms with Gasteiger partial charge in [0.15, 0.2) is 0 Å². The molecule has 0 bridgehead atoms. The van der Waals surface area contributed by atoms with Gasteiger partial charge >= 0.3 is 18.0 Å². The Morgan fingerprint density at radius 2 is 1.60 bits per heavy atom.